The van der Waals surface area contributed by atoms with Gasteiger partial charge in [-0.2, -0.15) is 0 Å². The molecule has 3 aliphatic rings. The predicted molar refractivity (Wildman–Crippen MR) is 106 cm³/mol. The highest BCUT2D eigenvalue weighted by molar-refractivity contribution is 8.03. The molecule has 1 amide bonds. The second kappa shape index (κ2) is 8.30. The molecule has 28 heavy (non-hydrogen) atoms. The van der Waals surface area contributed by atoms with Gasteiger partial charge in [0.15, 0.2) is 0 Å². The van der Waals surface area contributed by atoms with Crippen LogP contribution in [0.3, 0.4) is 0 Å². The van der Waals surface area contributed by atoms with Gasteiger partial charge in [0.2, 0.25) is 5.91 Å². The van der Waals surface area contributed by atoms with Gasteiger partial charge in [-0.15, -0.1) is 11.8 Å². The molecule has 0 aromatic carbocycles. The van der Waals surface area contributed by atoms with Crippen molar-refractivity contribution in [2.45, 2.75) is 31.2 Å². The first-order valence-corrected chi connectivity index (χ1v) is 10.3. The van der Waals surface area contributed by atoms with E-state index < -0.39 is 18.0 Å². The van der Waals surface area contributed by atoms with Crippen LogP contribution in [0.25, 0.3) is 0 Å². The molecule has 3 unspecified atom stereocenters. The summed E-state index contributed by atoms with van der Waals surface area (Å²) >= 11 is 1.46. The highest BCUT2D eigenvalue weighted by Gasteiger charge is 2.60. The summed E-state index contributed by atoms with van der Waals surface area (Å²) in [4.78, 5) is 32.7. The number of thioether (sulfide) groups is 1. The highest BCUT2D eigenvalue weighted by atomic mass is 32.2. The number of ether oxygens (including phenoxy) is 1. The first-order chi connectivity index (χ1) is 13.2. The Morgan fingerprint density at radius 2 is 2.21 bits per heavy atom. The number of hydrogen-bond acceptors (Lipinski definition) is 8. The van der Waals surface area contributed by atoms with Crippen molar-refractivity contribution < 1.29 is 24.5 Å². The molecule has 0 spiro atoms. The molecule has 5 atom stereocenters. The minimum absolute atomic E-state index is 0.0480. The Morgan fingerprint density at radius 3 is 2.75 bits per heavy atom. The van der Waals surface area contributed by atoms with E-state index in [1.165, 1.54) is 16.7 Å². The molecule has 0 aromatic heterocycles. The molecule has 1 fully saturated rings. The Morgan fingerprint density at radius 1 is 1.50 bits per heavy atom. The number of amides is 1. The Kier molecular flexibility index (Phi) is 6.21. The lowest BCUT2D eigenvalue weighted by Gasteiger charge is -2.46. The third-order valence-electron chi connectivity index (χ3n) is 5.30. The summed E-state index contributed by atoms with van der Waals surface area (Å²) in [5.74, 6) is -2.08. The smallest absolute Gasteiger partial charge is 0.353 e. The number of aliphatic carboxylic acids is 1. The van der Waals surface area contributed by atoms with E-state index in [-0.39, 0.29) is 28.8 Å². The average molecular weight is 413 g/mol. The molecule has 1 saturated heterocycles. The van der Waals surface area contributed by atoms with E-state index in [2.05, 4.69) is 10.3 Å². The summed E-state index contributed by atoms with van der Waals surface area (Å²) in [6.45, 7) is 5.95. The summed E-state index contributed by atoms with van der Waals surface area (Å²) < 4.78 is 5.59. The van der Waals surface area contributed by atoms with Gasteiger partial charge in [-0.1, -0.05) is 6.92 Å². The number of likely N-dealkylation sites (N-methyl/N-ethyl adjacent to an activating group) is 1. The maximum atomic E-state index is 12.4. The van der Waals surface area contributed by atoms with Crippen LogP contribution in [0.5, 0.6) is 0 Å². The van der Waals surface area contributed by atoms with Crippen molar-refractivity contribution in [1.29, 1.82) is 0 Å². The molecule has 3 heterocycles. The molecular weight excluding hydrogens is 384 g/mol. The molecule has 0 saturated carbocycles. The van der Waals surface area contributed by atoms with E-state index in [0.29, 0.717) is 30.6 Å². The van der Waals surface area contributed by atoms with Crippen LogP contribution in [0.4, 0.5) is 0 Å². The van der Waals surface area contributed by atoms with Crippen molar-refractivity contribution in [3.63, 3.8) is 0 Å². The molecule has 0 aliphatic carbocycles. The topological polar surface area (TPSA) is 115 Å². The zero-order valence-electron chi connectivity index (χ0n) is 16.6. The van der Waals surface area contributed by atoms with E-state index in [1.54, 1.807) is 6.92 Å². The number of amidine groups is 1. The third-order valence-corrected chi connectivity index (χ3v) is 6.77. The quantitative estimate of drug-likeness (QED) is 0.492. The number of carbonyl (C=O) groups excluding carboxylic acids is 1. The largest absolute Gasteiger partial charge is 0.477 e. The first-order valence-electron chi connectivity index (χ1n) is 9.43. The van der Waals surface area contributed by atoms with Crippen molar-refractivity contribution in [3.05, 3.63) is 10.6 Å². The van der Waals surface area contributed by atoms with Crippen molar-refractivity contribution in [3.8, 4) is 0 Å². The van der Waals surface area contributed by atoms with Gasteiger partial charge < -0.3 is 30.1 Å². The number of β-lactam (4-membered cyclic amide) rings is 1. The Bertz CT molecular complexity index is 708. The lowest BCUT2D eigenvalue weighted by Crippen LogP contribution is -2.63. The van der Waals surface area contributed by atoms with Gasteiger partial charge in [0.05, 0.1) is 24.6 Å². The number of hydrogen-bond donors (Lipinski definition) is 3. The van der Waals surface area contributed by atoms with Crippen molar-refractivity contribution in [1.82, 2.24) is 15.1 Å². The molecule has 3 rings (SSSR count). The fraction of sp³-hybridized carbons (Fsp3) is 0.722. The van der Waals surface area contributed by atoms with Gasteiger partial charge in [0.25, 0.3) is 6.02 Å². The number of aliphatic hydroxyl groups is 1. The summed E-state index contributed by atoms with van der Waals surface area (Å²) in [5.41, 5.74) is 0.0569. The molecule has 3 N–H and O–H groups in total. The van der Waals surface area contributed by atoms with E-state index in [1.807, 2.05) is 25.9 Å². The van der Waals surface area contributed by atoms with Gasteiger partial charge in [0, 0.05) is 29.2 Å². The lowest BCUT2D eigenvalue weighted by atomic mass is 9.79. The van der Waals surface area contributed by atoms with Gasteiger partial charge in [0.1, 0.15) is 12.3 Å². The van der Waals surface area contributed by atoms with Crippen molar-refractivity contribution in [2.75, 3.05) is 40.3 Å². The summed E-state index contributed by atoms with van der Waals surface area (Å²) in [6.07, 6.45) is -0.793. The lowest BCUT2D eigenvalue weighted by molar-refractivity contribution is -0.163. The monoisotopic (exact) mass is 412 g/mol. The molecule has 3 aliphatic heterocycles. The first kappa shape index (κ1) is 20.9. The molecule has 10 heteroatoms. The molecule has 0 aromatic rings. The van der Waals surface area contributed by atoms with Crippen molar-refractivity contribution in [2.24, 2.45) is 16.8 Å². The SMILES string of the molecule is CC1C(SC2CN=C(OCCN(C)C)NC2)=C(C(=O)O)N2C(=O)[C@H]([C@@H](C)O)C12. The Labute approximate surface area is 168 Å². The maximum absolute atomic E-state index is 12.4. The van der Waals surface area contributed by atoms with Crippen LogP contribution >= 0.6 is 11.8 Å². The van der Waals surface area contributed by atoms with Gasteiger partial charge in [-0.05, 0) is 21.0 Å². The van der Waals surface area contributed by atoms with E-state index >= 15 is 0 Å². The number of carboxylic acids is 1. The molecular formula is C18H28N4O5S. The van der Waals surface area contributed by atoms with E-state index in [4.69, 9.17) is 4.74 Å². The number of rotatable bonds is 7. The number of fused-ring (bicyclic) bond motifs is 1. The van der Waals surface area contributed by atoms with E-state index in [0.717, 1.165) is 6.54 Å². The van der Waals surface area contributed by atoms with Crippen molar-refractivity contribution >= 4 is 29.7 Å². The number of carbonyl (C=O) groups is 2. The number of aliphatic imine (C=N–C) groups is 1. The summed E-state index contributed by atoms with van der Waals surface area (Å²) in [6, 6.07) is 0.227. The zero-order chi connectivity index (χ0) is 20.6. The second-order valence-corrected chi connectivity index (χ2v) is 9.03. The predicted octanol–water partition coefficient (Wildman–Crippen LogP) is -0.221. The standard InChI is InChI=1S/C18H28N4O5S/c1-9-13-12(10(2)23)16(24)22(13)14(17(25)26)15(9)28-11-7-19-18(20-8-11)27-6-5-21(3)4/h9-13,23H,5-8H2,1-4H3,(H,19,20)(H,25,26)/t9?,10-,12-,13?/m1/s1. The van der Waals surface area contributed by atoms with Gasteiger partial charge in [-0.3, -0.25) is 4.79 Å². The minimum Gasteiger partial charge on any atom is -0.477 e. The van der Waals surface area contributed by atoms with Crippen LogP contribution in [0, 0.1) is 11.8 Å². The fourth-order valence-corrected chi connectivity index (χ4v) is 5.19. The van der Waals surface area contributed by atoms with Crippen LogP contribution in [0.1, 0.15) is 13.8 Å². The van der Waals surface area contributed by atoms with Gasteiger partial charge >= 0.3 is 5.97 Å². The molecule has 156 valence electrons. The fourth-order valence-electron chi connectivity index (χ4n) is 3.87. The van der Waals surface area contributed by atoms with Crippen LogP contribution in [0.2, 0.25) is 0 Å². The van der Waals surface area contributed by atoms with Crippen LogP contribution in [-0.4, -0.2) is 95.6 Å². The van der Waals surface area contributed by atoms with Gasteiger partial charge in [-0.25, -0.2) is 9.79 Å². The Balaban J connectivity index is 1.66. The molecule has 0 radical (unpaired) electrons. The summed E-state index contributed by atoms with van der Waals surface area (Å²) in [7, 11) is 3.94. The summed E-state index contributed by atoms with van der Waals surface area (Å²) in [5, 5.41) is 22.8. The normalized spacial score (nSPS) is 30.6. The molecule has 9 nitrogen and oxygen atoms in total. The number of nitrogens with zero attached hydrogens (tertiary/aromatic N) is 3. The maximum Gasteiger partial charge on any atom is 0.353 e. The zero-order valence-corrected chi connectivity index (χ0v) is 17.4. The number of nitrogens with one attached hydrogen (secondary N) is 1. The van der Waals surface area contributed by atoms with Crippen LogP contribution in [0.15, 0.2) is 15.6 Å². The highest BCUT2D eigenvalue weighted by Crippen LogP contribution is 2.51. The third kappa shape index (κ3) is 3.85. The van der Waals surface area contributed by atoms with E-state index in [9.17, 15) is 19.8 Å². The average Bonchev–Trinajstić information content (AvgIpc) is 2.85. The Hall–Kier alpha value is -1.78. The number of carboxylic acid groups (broad SMARTS) is 1. The minimum atomic E-state index is -1.10. The second-order valence-electron chi connectivity index (χ2n) is 7.69. The molecule has 0 bridgehead atoms. The van der Waals surface area contributed by atoms with Crippen LogP contribution < -0.4 is 5.32 Å². The van der Waals surface area contributed by atoms with Crippen LogP contribution in [-0.2, 0) is 14.3 Å². The number of aliphatic hydroxyl groups excluding tert-OH is 1.